The number of carbonyl (C=O) groups excluding carboxylic acids is 1. The van der Waals surface area contributed by atoms with Crippen molar-refractivity contribution in [3.05, 3.63) is 35.4 Å². The molecule has 18 heavy (non-hydrogen) atoms. The van der Waals surface area contributed by atoms with Gasteiger partial charge in [0.15, 0.2) is 0 Å². The molecule has 0 unspecified atom stereocenters. The fraction of sp³-hybridized carbons (Fsp3) is 0.429. The standard InChI is InChI=1S/C14H19N3O/c1-2-7-17-14(18)6-8-16-11-13-5-3-4-12(9-13)10-15/h3-5,9,16H,2,6-8,11H2,1H3,(H,17,18). The van der Waals surface area contributed by atoms with Crippen LogP contribution in [-0.4, -0.2) is 19.0 Å². The monoisotopic (exact) mass is 245 g/mol. The van der Waals surface area contributed by atoms with E-state index in [1.807, 2.05) is 25.1 Å². The molecule has 96 valence electrons. The zero-order valence-corrected chi connectivity index (χ0v) is 10.7. The largest absolute Gasteiger partial charge is 0.356 e. The zero-order valence-electron chi connectivity index (χ0n) is 10.7. The van der Waals surface area contributed by atoms with Gasteiger partial charge in [-0.05, 0) is 24.1 Å². The van der Waals surface area contributed by atoms with Crippen molar-refractivity contribution in [3.63, 3.8) is 0 Å². The van der Waals surface area contributed by atoms with Crippen molar-refractivity contribution < 1.29 is 4.79 Å². The fourth-order valence-corrected chi connectivity index (χ4v) is 1.54. The zero-order chi connectivity index (χ0) is 13.2. The Labute approximate surface area is 108 Å². The lowest BCUT2D eigenvalue weighted by Gasteiger charge is -2.06. The summed E-state index contributed by atoms with van der Waals surface area (Å²) in [7, 11) is 0. The van der Waals surface area contributed by atoms with Crippen LogP contribution in [0, 0.1) is 11.3 Å². The van der Waals surface area contributed by atoms with Gasteiger partial charge in [0.2, 0.25) is 5.91 Å². The third-order valence-electron chi connectivity index (χ3n) is 2.49. The van der Waals surface area contributed by atoms with Crippen molar-refractivity contribution in [2.24, 2.45) is 0 Å². The number of rotatable bonds is 7. The van der Waals surface area contributed by atoms with Crippen LogP contribution in [0.4, 0.5) is 0 Å². The van der Waals surface area contributed by atoms with E-state index in [0.717, 1.165) is 18.5 Å². The quantitative estimate of drug-likeness (QED) is 0.717. The van der Waals surface area contributed by atoms with Gasteiger partial charge in [-0.25, -0.2) is 0 Å². The number of hydrogen-bond donors (Lipinski definition) is 2. The maximum absolute atomic E-state index is 11.3. The predicted octanol–water partition coefficient (Wildman–Crippen LogP) is 1.56. The molecule has 1 rings (SSSR count). The Bertz CT molecular complexity index is 423. The van der Waals surface area contributed by atoms with Crippen LogP contribution >= 0.6 is 0 Å². The van der Waals surface area contributed by atoms with Crippen LogP contribution < -0.4 is 10.6 Å². The first-order valence-corrected chi connectivity index (χ1v) is 6.22. The molecule has 2 N–H and O–H groups in total. The lowest BCUT2D eigenvalue weighted by atomic mass is 10.1. The van der Waals surface area contributed by atoms with Gasteiger partial charge in [0.1, 0.15) is 0 Å². The number of carbonyl (C=O) groups is 1. The highest BCUT2D eigenvalue weighted by Gasteiger charge is 1.99. The first-order chi connectivity index (χ1) is 8.76. The Balaban J connectivity index is 2.21. The Morgan fingerprint density at radius 3 is 2.94 bits per heavy atom. The number of nitriles is 1. The van der Waals surface area contributed by atoms with Gasteiger partial charge in [-0.15, -0.1) is 0 Å². The first kappa shape index (κ1) is 14.2. The Morgan fingerprint density at radius 2 is 2.22 bits per heavy atom. The van der Waals surface area contributed by atoms with Crippen LogP contribution in [0.1, 0.15) is 30.9 Å². The molecule has 4 heteroatoms. The van der Waals surface area contributed by atoms with E-state index >= 15 is 0 Å². The second-order valence-electron chi connectivity index (χ2n) is 4.09. The number of hydrogen-bond acceptors (Lipinski definition) is 3. The van der Waals surface area contributed by atoms with Crippen molar-refractivity contribution in [3.8, 4) is 6.07 Å². The molecule has 4 nitrogen and oxygen atoms in total. The molecule has 0 atom stereocenters. The molecule has 0 aliphatic carbocycles. The van der Waals surface area contributed by atoms with Gasteiger partial charge in [-0.1, -0.05) is 19.1 Å². The molecule has 0 radical (unpaired) electrons. The molecule has 0 aromatic heterocycles. The van der Waals surface area contributed by atoms with E-state index in [-0.39, 0.29) is 5.91 Å². The van der Waals surface area contributed by atoms with Crippen molar-refractivity contribution in [1.29, 1.82) is 5.26 Å². The number of amides is 1. The molecule has 0 aliphatic heterocycles. The molecule has 0 aliphatic rings. The molecule has 1 aromatic carbocycles. The number of nitrogens with one attached hydrogen (secondary N) is 2. The molecule has 0 heterocycles. The highest BCUT2D eigenvalue weighted by Crippen LogP contribution is 2.03. The normalized spacial score (nSPS) is 9.78. The van der Waals surface area contributed by atoms with E-state index in [9.17, 15) is 4.79 Å². The minimum absolute atomic E-state index is 0.0788. The molecular formula is C14H19N3O. The average Bonchev–Trinajstić information content (AvgIpc) is 2.41. The molecule has 0 saturated heterocycles. The van der Waals surface area contributed by atoms with Crippen molar-refractivity contribution >= 4 is 5.91 Å². The Kier molecular flexibility index (Phi) is 6.52. The van der Waals surface area contributed by atoms with Gasteiger partial charge in [0.05, 0.1) is 11.6 Å². The highest BCUT2D eigenvalue weighted by molar-refractivity contribution is 5.75. The van der Waals surface area contributed by atoms with E-state index in [1.54, 1.807) is 6.07 Å². The lowest BCUT2D eigenvalue weighted by Crippen LogP contribution is -2.28. The summed E-state index contributed by atoms with van der Waals surface area (Å²) in [6, 6.07) is 9.57. The third-order valence-corrected chi connectivity index (χ3v) is 2.49. The minimum atomic E-state index is 0.0788. The second-order valence-corrected chi connectivity index (χ2v) is 4.09. The van der Waals surface area contributed by atoms with Crippen LogP contribution in [-0.2, 0) is 11.3 Å². The first-order valence-electron chi connectivity index (χ1n) is 6.22. The van der Waals surface area contributed by atoms with Gasteiger partial charge in [0, 0.05) is 26.1 Å². The van der Waals surface area contributed by atoms with Crippen molar-refractivity contribution in [2.75, 3.05) is 13.1 Å². The molecular weight excluding hydrogens is 226 g/mol. The Morgan fingerprint density at radius 1 is 1.39 bits per heavy atom. The van der Waals surface area contributed by atoms with Gasteiger partial charge < -0.3 is 10.6 Å². The molecule has 0 saturated carbocycles. The molecule has 0 fully saturated rings. The lowest BCUT2D eigenvalue weighted by molar-refractivity contribution is -0.120. The SMILES string of the molecule is CCCNC(=O)CCNCc1cccc(C#N)c1. The highest BCUT2D eigenvalue weighted by atomic mass is 16.1. The summed E-state index contributed by atoms with van der Waals surface area (Å²) in [6.07, 6.45) is 1.44. The molecule has 0 bridgehead atoms. The van der Waals surface area contributed by atoms with E-state index in [4.69, 9.17) is 5.26 Å². The summed E-state index contributed by atoms with van der Waals surface area (Å²) in [6.45, 7) is 4.09. The maximum Gasteiger partial charge on any atom is 0.221 e. The van der Waals surface area contributed by atoms with Crippen molar-refractivity contribution in [2.45, 2.75) is 26.3 Å². The van der Waals surface area contributed by atoms with Crippen LogP contribution in [0.5, 0.6) is 0 Å². The summed E-state index contributed by atoms with van der Waals surface area (Å²) in [5.41, 5.74) is 1.72. The van der Waals surface area contributed by atoms with Gasteiger partial charge in [0.25, 0.3) is 0 Å². The van der Waals surface area contributed by atoms with Gasteiger partial charge in [-0.3, -0.25) is 4.79 Å². The molecule has 1 aromatic rings. The van der Waals surface area contributed by atoms with E-state index in [1.165, 1.54) is 0 Å². The molecule has 0 spiro atoms. The summed E-state index contributed by atoms with van der Waals surface area (Å²) in [5, 5.41) is 14.8. The summed E-state index contributed by atoms with van der Waals surface area (Å²) in [4.78, 5) is 11.3. The summed E-state index contributed by atoms with van der Waals surface area (Å²) < 4.78 is 0. The predicted molar refractivity (Wildman–Crippen MR) is 70.8 cm³/mol. The van der Waals surface area contributed by atoms with Gasteiger partial charge in [-0.2, -0.15) is 5.26 Å². The topological polar surface area (TPSA) is 64.9 Å². The Hall–Kier alpha value is -1.86. The smallest absolute Gasteiger partial charge is 0.221 e. The van der Waals surface area contributed by atoms with Crippen LogP contribution in [0.25, 0.3) is 0 Å². The minimum Gasteiger partial charge on any atom is -0.356 e. The second kappa shape index (κ2) is 8.26. The third kappa shape index (κ3) is 5.46. The van der Waals surface area contributed by atoms with Crippen LogP contribution in [0.15, 0.2) is 24.3 Å². The summed E-state index contributed by atoms with van der Waals surface area (Å²) >= 11 is 0. The van der Waals surface area contributed by atoms with E-state index < -0.39 is 0 Å². The van der Waals surface area contributed by atoms with Crippen LogP contribution in [0.3, 0.4) is 0 Å². The van der Waals surface area contributed by atoms with Gasteiger partial charge >= 0.3 is 0 Å². The average molecular weight is 245 g/mol. The van der Waals surface area contributed by atoms with Crippen LogP contribution in [0.2, 0.25) is 0 Å². The number of nitrogens with zero attached hydrogens (tertiary/aromatic N) is 1. The maximum atomic E-state index is 11.3. The fourth-order valence-electron chi connectivity index (χ4n) is 1.54. The number of benzene rings is 1. The molecule has 1 amide bonds. The summed E-state index contributed by atoms with van der Waals surface area (Å²) in [5.74, 6) is 0.0788. The van der Waals surface area contributed by atoms with Crippen molar-refractivity contribution in [1.82, 2.24) is 10.6 Å². The van der Waals surface area contributed by atoms with E-state index in [0.29, 0.717) is 25.1 Å². The van der Waals surface area contributed by atoms with E-state index in [2.05, 4.69) is 16.7 Å².